The summed E-state index contributed by atoms with van der Waals surface area (Å²) in [5.74, 6) is 0. The van der Waals surface area contributed by atoms with E-state index in [1.807, 2.05) is 12.4 Å². The maximum Gasteiger partial charge on any atom is -0.00800 e. The lowest BCUT2D eigenvalue weighted by Gasteiger charge is -2.15. The van der Waals surface area contributed by atoms with Gasteiger partial charge in [0.2, 0.25) is 0 Å². The second-order valence-corrected chi connectivity index (χ2v) is 1.81. The first-order chi connectivity index (χ1) is 3.31. The summed E-state index contributed by atoms with van der Waals surface area (Å²) in [7, 11) is 0. The smallest absolute Gasteiger partial charge is 0.00800 e. The highest BCUT2D eigenvalue weighted by molar-refractivity contribution is 4.57. The Balaban J connectivity index is 2.83. The Hall–Kier alpha value is -0.0800. The topological polar surface area (TPSA) is 35.1 Å². The van der Waals surface area contributed by atoms with Crippen molar-refractivity contribution in [2.75, 3.05) is 0 Å². The summed E-state index contributed by atoms with van der Waals surface area (Å²) in [6.45, 7) is 3.95. The van der Waals surface area contributed by atoms with Crippen molar-refractivity contribution >= 4 is 0 Å². The average Bonchev–Trinajstić information content (AvgIpc) is 1.68. The molecule has 0 heterocycles. The molecular formula is C5H12NO-. The molecule has 0 radical (unpaired) electrons. The van der Waals surface area contributed by atoms with Gasteiger partial charge in [-0.15, -0.1) is 0 Å². The highest BCUT2D eigenvalue weighted by atomic mass is 16.5. The van der Waals surface area contributed by atoms with Gasteiger partial charge < -0.3 is 10.7 Å². The third kappa shape index (κ3) is 3.76. The zero-order valence-corrected chi connectivity index (χ0v) is 4.90. The fourth-order valence-corrected chi connectivity index (χ4v) is 0.492. The summed E-state index contributed by atoms with van der Waals surface area (Å²) in [5, 5.41) is 9.77. The zero-order valence-electron chi connectivity index (χ0n) is 4.90. The highest BCUT2D eigenvalue weighted by Crippen LogP contribution is 1.91. The molecule has 0 saturated carbocycles. The van der Waals surface area contributed by atoms with Crippen molar-refractivity contribution in [1.29, 1.82) is 0 Å². The van der Waals surface area contributed by atoms with Crippen LogP contribution in [-0.4, -0.2) is 6.04 Å². The van der Waals surface area contributed by atoms with Gasteiger partial charge in [0, 0.05) is 0 Å². The Morgan fingerprint density at radius 2 is 2.29 bits per heavy atom. The number of nitrogens with one attached hydrogen (secondary N) is 1. The molecule has 0 aromatic heterocycles. The van der Waals surface area contributed by atoms with Crippen LogP contribution in [0.4, 0.5) is 0 Å². The van der Waals surface area contributed by atoms with E-state index in [1.54, 1.807) is 0 Å². The lowest BCUT2D eigenvalue weighted by Crippen LogP contribution is -2.18. The molecule has 0 aromatic rings. The van der Waals surface area contributed by atoms with Crippen LogP contribution in [-0.2, 0) is 0 Å². The van der Waals surface area contributed by atoms with E-state index in [2.05, 4.69) is 6.92 Å². The zero-order chi connectivity index (χ0) is 5.70. The second kappa shape index (κ2) is 4.09. The van der Waals surface area contributed by atoms with E-state index in [-0.39, 0.29) is 6.04 Å². The molecule has 2 nitrogen and oxygen atoms in total. The van der Waals surface area contributed by atoms with Gasteiger partial charge in [0.15, 0.2) is 0 Å². The van der Waals surface area contributed by atoms with Gasteiger partial charge in [-0.3, -0.25) is 0 Å². The molecule has 0 saturated heterocycles. The van der Waals surface area contributed by atoms with Gasteiger partial charge in [0.1, 0.15) is 0 Å². The normalized spacial score (nSPS) is 14.1. The van der Waals surface area contributed by atoms with Crippen LogP contribution < -0.4 is 5.48 Å². The van der Waals surface area contributed by atoms with Crippen molar-refractivity contribution < 1.29 is 0 Å². The van der Waals surface area contributed by atoms with Crippen molar-refractivity contribution in [2.45, 2.75) is 32.7 Å². The van der Waals surface area contributed by atoms with E-state index >= 15 is 0 Å². The summed E-state index contributed by atoms with van der Waals surface area (Å²) in [6.07, 6.45) is 2.06. The van der Waals surface area contributed by atoms with Crippen molar-refractivity contribution in [3.05, 3.63) is 5.21 Å². The van der Waals surface area contributed by atoms with Crippen LogP contribution in [0.25, 0.3) is 0 Å². The second-order valence-electron chi connectivity index (χ2n) is 1.81. The molecule has 0 amide bonds. The minimum Gasteiger partial charge on any atom is -0.788 e. The highest BCUT2D eigenvalue weighted by Gasteiger charge is 1.87. The molecule has 0 aromatic carbocycles. The maximum absolute atomic E-state index is 9.77. The van der Waals surface area contributed by atoms with Crippen LogP contribution in [0.5, 0.6) is 0 Å². The summed E-state index contributed by atoms with van der Waals surface area (Å²) < 4.78 is 0. The van der Waals surface area contributed by atoms with Crippen LogP contribution in [0.1, 0.15) is 26.7 Å². The molecular weight excluding hydrogens is 90.1 g/mol. The monoisotopic (exact) mass is 102 g/mol. The lowest BCUT2D eigenvalue weighted by molar-refractivity contribution is 0.579. The van der Waals surface area contributed by atoms with Crippen LogP contribution in [0, 0.1) is 5.21 Å². The predicted octanol–water partition coefficient (Wildman–Crippen LogP) is 1.26. The van der Waals surface area contributed by atoms with E-state index in [0.717, 1.165) is 12.8 Å². The standard InChI is InChI=1S/C5H12NO/c1-3-4-5(2)6-7/h5-6H,3-4H2,1-2H3/q-1. The summed E-state index contributed by atoms with van der Waals surface area (Å²) in [4.78, 5) is 0. The van der Waals surface area contributed by atoms with E-state index in [4.69, 9.17) is 0 Å². The first kappa shape index (κ1) is 6.92. The van der Waals surface area contributed by atoms with Gasteiger partial charge in [-0.1, -0.05) is 20.3 Å². The van der Waals surface area contributed by atoms with Gasteiger partial charge in [-0.05, 0) is 12.5 Å². The number of hydroxylamine groups is 1. The molecule has 0 bridgehead atoms. The molecule has 1 N–H and O–H groups in total. The Labute approximate surface area is 44.5 Å². The van der Waals surface area contributed by atoms with Crippen molar-refractivity contribution in [2.24, 2.45) is 0 Å². The van der Waals surface area contributed by atoms with Crippen molar-refractivity contribution in [3.8, 4) is 0 Å². The molecule has 0 spiro atoms. The van der Waals surface area contributed by atoms with E-state index < -0.39 is 0 Å². The Bertz CT molecular complexity index is 39.1. The molecule has 0 aliphatic rings. The quantitative estimate of drug-likeness (QED) is 0.544. The van der Waals surface area contributed by atoms with Crippen LogP contribution in [0.15, 0.2) is 0 Å². The van der Waals surface area contributed by atoms with Gasteiger partial charge >= 0.3 is 0 Å². The van der Waals surface area contributed by atoms with Gasteiger partial charge in [-0.2, -0.15) is 0 Å². The Morgan fingerprint density at radius 1 is 1.71 bits per heavy atom. The molecule has 7 heavy (non-hydrogen) atoms. The minimum atomic E-state index is 0.144. The van der Waals surface area contributed by atoms with E-state index in [0.29, 0.717) is 0 Å². The molecule has 1 unspecified atom stereocenters. The molecule has 0 aliphatic carbocycles. The summed E-state index contributed by atoms with van der Waals surface area (Å²) in [6, 6.07) is 0.144. The third-order valence-electron chi connectivity index (χ3n) is 0.923. The molecule has 2 heteroatoms. The van der Waals surface area contributed by atoms with E-state index in [9.17, 15) is 5.21 Å². The first-order valence-corrected chi connectivity index (χ1v) is 2.69. The summed E-state index contributed by atoms with van der Waals surface area (Å²) >= 11 is 0. The molecule has 1 atom stereocenters. The van der Waals surface area contributed by atoms with Gasteiger partial charge in [-0.25, -0.2) is 0 Å². The van der Waals surface area contributed by atoms with Crippen LogP contribution in [0.2, 0.25) is 0 Å². The summed E-state index contributed by atoms with van der Waals surface area (Å²) in [5.41, 5.74) is 1.92. The third-order valence-corrected chi connectivity index (χ3v) is 0.923. The fourth-order valence-electron chi connectivity index (χ4n) is 0.492. The molecule has 0 fully saturated rings. The Kier molecular flexibility index (Phi) is 4.04. The fraction of sp³-hybridized carbons (Fsp3) is 1.00. The van der Waals surface area contributed by atoms with Crippen molar-refractivity contribution in [1.82, 2.24) is 5.48 Å². The Morgan fingerprint density at radius 3 is 2.43 bits per heavy atom. The van der Waals surface area contributed by atoms with E-state index in [1.165, 1.54) is 0 Å². The number of hydrogen-bond donors (Lipinski definition) is 1. The predicted molar refractivity (Wildman–Crippen MR) is 30.9 cm³/mol. The maximum atomic E-state index is 9.77. The van der Waals surface area contributed by atoms with Crippen molar-refractivity contribution in [3.63, 3.8) is 0 Å². The number of rotatable bonds is 3. The van der Waals surface area contributed by atoms with Crippen LogP contribution in [0.3, 0.4) is 0 Å². The van der Waals surface area contributed by atoms with Crippen LogP contribution >= 0.6 is 0 Å². The minimum absolute atomic E-state index is 0.144. The molecule has 0 aliphatic heterocycles. The SMILES string of the molecule is CCCC(C)N[O-]. The first-order valence-electron chi connectivity index (χ1n) is 2.69. The average molecular weight is 102 g/mol. The molecule has 44 valence electrons. The number of hydrogen-bond acceptors (Lipinski definition) is 2. The van der Waals surface area contributed by atoms with Gasteiger partial charge in [0.05, 0.1) is 0 Å². The van der Waals surface area contributed by atoms with Gasteiger partial charge in [0.25, 0.3) is 0 Å². The largest absolute Gasteiger partial charge is 0.788 e. The lowest BCUT2D eigenvalue weighted by atomic mass is 10.2. The molecule has 0 rings (SSSR count).